The van der Waals surface area contributed by atoms with Gasteiger partial charge in [-0.2, -0.15) is 0 Å². The first-order valence-electron chi connectivity index (χ1n) is 9.58. The molecule has 1 fully saturated rings. The van der Waals surface area contributed by atoms with Crippen LogP contribution in [0.5, 0.6) is 0 Å². The molecule has 0 heterocycles. The SMILES string of the molecule is CCCCCCCCC(CCC)NC(=O)C1CCCCC1. The van der Waals surface area contributed by atoms with E-state index in [1.807, 2.05) is 0 Å². The first-order valence-corrected chi connectivity index (χ1v) is 9.58. The number of carbonyl (C=O) groups is 1. The van der Waals surface area contributed by atoms with Gasteiger partial charge in [-0.15, -0.1) is 0 Å². The lowest BCUT2D eigenvalue weighted by Gasteiger charge is -2.25. The van der Waals surface area contributed by atoms with Gasteiger partial charge in [-0.25, -0.2) is 0 Å². The number of hydrogen-bond donors (Lipinski definition) is 1. The van der Waals surface area contributed by atoms with Crippen molar-refractivity contribution in [3.8, 4) is 0 Å². The average Bonchev–Trinajstić information content (AvgIpc) is 2.51. The van der Waals surface area contributed by atoms with E-state index in [2.05, 4.69) is 19.2 Å². The predicted molar refractivity (Wildman–Crippen MR) is 91.4 cm³/mol. The molecule has 0 aromatic carbocycles. The summed E-state index contributed by atoms with van der Waals surface area (Å²) >= 11 is 0. The molecule has 1 aliphatic rings. The molecule has 1 N–H and O–H groups in total. The second-order valence-electron chi connectivity index (χ2n) is 6.89. The fourth-order valence-electron chi connectivity index (χ4n) is 3.49. The van der Waals surface area contributed by atoms with Crippen LogP contribution in [-0.4, -0.2) is 11.9 Å². The van der Waals surface area contributed by atoms with Crippen molar-refractivity contribution >= 4 is 5.91 Å². The highest BCUT2D eigenvalue weighted by molar-refractivity contribution is 5.79. The molecule has 2 nitrogen and oxygen atoms in total. The molecule has 1 amide bonds. The second kappa shape index (κ2) is 12.1. The minimum absolute atomic E-state index is 0.308. The Labute approximate surface area is 132 Å². The van der Waals surface area contributed by atoms with Crippen LogP contribution in [0, 0.1) is 5.92 Å². The first-order chi connectivity index (χ1) is 10.3. The van der Waals surface area contributed by atoms with E-state index in [1.165, 1.54) is 70.6 Å². The van der Waals surface area contributed by atoms with E-state index < -0.39 is 0 Å². The summed E-state index contributed by atoms with van der Waals surface area (Å²) in [5, 5.41) is 3.35. The van der Waals surface area contributed by atoms with Gasteiger partial charge < -0.3 is 5.32 Å². The van der Waals surface area contributed by atoms with Crippen LogP contribution in [0.15, 0.2) is 0 Å². The zero-order chi connectivity index (χ0) is 15.3. The van der Waals surface area contributed by atoms with Crippen molar-refractivity contribution in [1.29, 1.82) is 0 Å². The molecule has 0 spiro atoms. The Bertz CT molecular complexity index is 258. The van der Waals surface area contributed by atoms with Crippen molar-refractivity contribution in [1.82, 2.24) is 5.32 Å². The van der Waals surface area contributed by atoms with E-state index in [4.69, 9.17) is 0 Å². The van der Waals surface area contributed by atoms with E-state index in [0.717, 1.165) is 19.3 Å². The lowest BCUT2D eigenvalue weighted by atomic mass is 9.88. The number of carbonyl (C=O) groups excluding carboxylic acids is 1. The third-order valence-electron chi connectivity index (χ3n) is 4.87. The van der Waals surface area contributed by atoms with Crippen LogP contribution in [0.4, 0.5) is 0 Å². The normalized spacial score (nSPS) is 17.6. The number of unbranched alkanes of at least 4 members (excludes halogenated alkanes) is 5. The van der Waals surface area contributed by atoms with Crippen LogP contribution in [-0.2, 0) is 4.79 Å². The number of amides is 1. The standard InChI is InChI=1S/C19H37NO/c1-3-5-6-7-8-12-16-18(13-4-2)20-19(21)17-14-10-9-11-15-17/h17-18H,3-16H2,1-2H3,(H,20,21). The lowest BCUT2D eigenvalue weighted by Crippen LogP contribution is -2.39. The van der Waals surface area contributed by atoms with Gasteiger partial charge in [0.15, 0.2) is 0 Å². The largest absolute Gasteiger partial charge is 0.353 e. The maximum absolute atomic E-state index is 12.3. The highest BCUT2D eigenvalue weighted by Gasteiger charge is 2.22. The average molecular weight is 296 g/mol. The Morgan fingerprint density at radius 2 is 1.57 bits per heavy atom. The van der Waals surface area contributed by atoms with Gasteiger partial charge in [0.25, 0.3) is 0 Å². The molecule has 0 saturated heterocycles. The molecular formula is C19H37NO. The summed E-state index contributed by atoms with van der Waals surface area (Å²) in [5.74, 6) is 0.654. The predicted octanol–water partition coefficient (Wildman–Crippen LogP) is 5.60. The molecule has 0 aliphatic heterocycles. The fraction of sp³-hybridized carbons (Fsp3) is 0.947. The summed E-state index contributed by atoms with van der Waals surface area (Å²) in [6, 6.07) is 0.426. The Morgan fingerprint density at radius 1 is 0.905 bits per heavy atom. The summed E-state index contributed by atoms with van der Waals surface area (Å²) in [4.78, 5) is 12.3. The summed E-state index contributed by atoms with van der Waals surface area (Å²) in [7, 11) is 0. The van der Waals surface area contributed by atoms with Gasteiger partial charge in [-0.3, -0.25) is 4.79 Å². The van der Waals surface area contributed by atoms with Gasteiger partial charge in [-0.05, 0) is 25.7 Å². The van der Waals surface area contributed by atoms with Crippen LogP contribution in [0.25, 0.3) is 0 Å². The van der Waals surface area contributed by atoms with Gasteiger partial charge in [0.1, 0.15) is 0 Å². The third-order valence-corrected chi connectivity index (χ3v) is 4.87. The van der Waals surface area contributed by atoms with E-state index in [-0.39, 0.29) is 0 Å². The minimum Gasteiger partial charge on any atom is -0.353 e. The molecular weight excluding hydrogens is 258 g/mol. The minimum atomic E-state index is 0.308. The fourth-order valence-corrected chi connectivity index (χ4v) is 3.49. The lowest BCUT2D eigenvalue weighted by molar-refractivity contribution is -0.126. The first kappa shape index (κ1) is 18.5. The molecule has 21 heavy (non-hydrogen) atoms. The van der Waals surface area contributed by atoms with Crippen molar-refractivity contribution in [3.63, 3.8) is 0 Å². The molecule has 1 saturated carbocycles. The van der Waals surface area contributed by atoms with Crippen LogP contribution < -0.4 is 5.32 Å². The van der Waals surface area contributed by atoms with Gasteiger partial charge in [0.05, 0.1) is 0 Å². The Kier molecular flexibility index (Phi) is 10.6. The molecule has 1 unspecified atom stereocenters. The van der Waals surface area contributed by atoms with Crippen molar-refractivity contribution in [2.45, 2.75) is 110 Å². The second-order valence-corrected chi connectivity index (χ2v) is 6.89. The molecule has 124 valence electrons. The molecule has 0 aromatic heterocycles. The number of rotatable bonds is 11. The Morgan fingerprint density at radius 3 is 2.24 bits per heavy atom. The summed E-state index contributed by atoms with van der Waals surface area (Å²) in [6.07, 6.45) is 17.6. The van der Waals surface area contributed by atoms with Crippen molar-refractivity contribution in [2.75, 3.05) is 0 Å². The maximum atomic E-state index is 12.3. The zero-order valence-corrected chi connectivity index (χ0v) is 14.5. The number of nitrogens with one attached hydrogen (secondary N) is 1. The highest BCUT2D eigenvalue weighted by Crippen LogP contribution is 2.24. The van der Waals surface area contributed by atoms with E-state index in [1.54, 1.807) is 0 Å². The zero-order valence-electron chi connectivity index (χ0n) is 14.5. The summed E-state index contributed by atoms with van der Waals surface area (Å²) in [6.45, 7) is 4.49. The van der Waals surface area contributed by atoms with Crippen LogP contribution >= 0.6 is 0 Å². The van der Waals surface area contributed by atoms with Crippen LogP contribution in [0.1, 0.15) is 104 Å². The third kappa shape index (κ3) is 8.48. The molecule has 1 rings (SSSR count). The van der Waals surface area contributed by atoms with E-state index in [9.17, 15) is 4.79 Å². The Hall–Kier alpha value is -0.530. The topological polar surface area (TPSA) is 29.1 Å². The van der Waals surface area contributed by atoms with Crippen molar-refractivity contribution in [2.24, 2.45) is 5.92 Å². The quantitative estimate of drug-likeness (QED) is 0.494. The van der Waals surface area contributed by atoms with Crippen molar-refractivity contribution in [3.05, 3.63) is 0 Å². The molecule has 1 aliphatic carbocycles. The monoisotopic (exact) mass is 295 g/mol. The van der Waals surface area contributed by atoms with E-state index >= 15 is 0 Å². The molecule has 1 atom stereocenters. The van der Waals surface area contributed by atoms with Gasteiger partial charge in [-0.1, -0.05) is 78.1 Å². The Balaban J connectivity index is 2.20. The molecule has 0 bridgehead atoms. The number of hydrogen-bond acceptors (Lipinski definition) is 1. The van der Waals surface area contributed by atoms with E-state index in [0.29, 0.717) is 17.9 Å². The molecule has 2 heteroatoms. The van der Waals surface area contributed by atoms with Crippen molar-refractivity contribution < 1.29 is 4.79 Å². The van der Waals surface area contributed by atoms with Crippen LogP contribution in [0.3, 0.4) is 0 Å². The highest BCUT2D eigenvalue weighted by atomic mass is 16.1. The maximum Gasteiger partial charge on any atom is 0.223 e. The smallest absolute Gasteiger partial charge is 0.223 e. The van der Waals surface area contributed by atoms with Gasteiger partial charge in [0, 0.05) is 12.0 Å². The molecule has 0 radical (unpaired) electrons. The van der Waals surface area contributed by atoms with Gasteiger partial charge in [0.2, 0.25) is 5.91 Å². The summed E-state index contributed by atoms with van der Waals surface area (Å²) < 4.78 is 0. The van der Waals surface area contributed by atoms with Gasteiger partial charge >= 0.3 is 0 Å². The van der Waals surface area contributed by atoms with Crippen LogP contribution in [0.2, 0.25) is 0 Å². The summed E-state index contributed by atoms with van der Waals surface area (Å²) in [5.41, 5.74) is 0. The molecule has 0 aromatic rings.